The lowest BCUT2D eigenvalue weighted by Gasteiger charge is -2.37. The predicted molar refractivity (Wildman–Crippen MR) is 366 cm³/mol. The van der Waals surface area contributed by atoms with Gasteiger partial charge in [-0.3, -0.25) is 57.5 Å². The molecule has 0 saturated heterocycles. The highest BCUT2D eigenvalue weighted by atomic mass is 16.6. The number of nitrogens with two attached hydrogens (primary N) is 1. The molecule has 97 heavy (non-hydrogen) atoms. The van der Waals surface area contributed by atoms with Gasteiger partial charge in [-0.25, -0.2) is 0 Å². The summed E-state index contributed by atoms with van der Waals surface area (Å²) >= 11 is 0. The molecule has 0 radical (unpaired) electrons. The van der Waals surface area contributed by atoms with Gasteiger partial charge in [0.05, 0.1) is 0 Å². The van der Waals surface area contributed by atoms with Crippen molar-refractivity contribution >= 4 is 71.3 Å². The molecule has 0 saturated carbocycles. The van der Waals surface area contributed by atoms with Crippen molar-refractivity contribution in [2.75, 3.05) is 0 Å². The van der Waals surface area contributed by atoms with Gasteiger partial charge >= 0.3 is 53.7 Å². The number of hydrogen-bond acceptors (Lipinski definition) is 21. The molecule has 24 heteroatoms. The SMILES string of the molecule is CC(C)(C)OC(=O)CCC(CCC(=O)O)(CCC(=O)OC(C)(C)C)CC(=O)CCC(N)(CCC(=O)NC(CCC(=O)OC(C)(C)C)(CCC(=O)OC(C)(C)C)CCC(=O)OC(C)(C)C)CCC(=O)NC(CCC(=O)OC(C)(C)C)(CCC(=O)OC(C)(C)C)CCC(=O)OC(C)(C)C. The van der Waals surface area contributed by atoms with E-state index >= 15 is 0 Å². The molecule has 5 N–H and O–H groups in total. The fourth-order valence-electron chi connectivity index (χ4n) is 10.8. The molecule has 0 fully saturated rings. The quantitative estimate of drug-likeness (QED) is 0.0327. The van der Waals surface area contributed by atoms with E-state index in [9.17, 15) is 62.6 Å². The highest BCUT2D eigenvalue weighted by Gasteiger charge is 2.41. The molecule has 0 rings (SSSR count). The molecule has 0 unspecified atom stereocenters. The van der Waals surface area contributed by atoms with Crippen LogP contribution in [-0.2, 0) is 95.4 Å². The highest BCUT2D eigenvalue weighted by molar-refractivity contribution is 5.81. The Morgan fingerprint density at radius 1 is 0.268 bits per heavy atom. The van der Waals surface area contributed by atoms with Crippen LogP contribution in [0.25, 0.3) is 0 Å². The standard InChI is InChI=1S/C73H127N3O21/c1-62(2,3)90-54(82)29-38-70(37-28-53(80)81,39-30-55(83)91-63(4,5)6)49-50(77)25-40-71(74,41-26-51(78)75-72(43-31-56(84)92-64(7,8)9,44-32-57(85)93-65(10,11)12)45-33-58(86)94-66(13,14)15)42-27-52(79)76-73(46-34-59(87)95-67(16,17)18,47-35-60(88)96-68(19,20)21)48-36-61(89)97-69(22,23)24/h25-49,74H2,1-24H3,(H,75,78)(H,76,79)(H,80,81). The van der Waals surface area contributed by atoms with E-state index in [4.69, 9.17) is 43.6 Å². The van der Waals surface area contributed by atoms with Crippen molar-refractivity contribution in [3.05, 3.63) is 0 Å². The molecule has 0 aliphatic heterocycles. The van der Waals surface area contributed by atoms with Crippen molar-refractivity contribution in [1.29, 1.82) is 0 Å². The van der Waals surface area contributed by atoms with Crippen molar-refractivity contribution in [3.8, 4) is 0 Å². The Bertz CT molecular complexity index is 2330. The second-order valence-electron chi connectivity index (χ2n) is 34.3. The number of carboxylic acids is 1. The Hall–Kier alpha value is -6.20. The van der Waals surface area contributed by atoms with Crippen LogP contribution in [0.1, 0.15) is 327 Å². The third-order valence-corrected chi connectivity index (χ3v) is 14.8. The molecule has 0 spiro atoms. The van der Waals surface area contributed by atoms with Crippen LogP contribution >= 0.6 is 0 Å². The Labute approximate surface area is 579 Å². The lowest BCUT2D eigenvalue weighted by molar-refractivity contribution is -0.158. The van der Waals surface area contributed by atoms with Crippen LogP contribution in [0, 0.1) is 5.41 Å². The molecule has 0 bridgehead atoms. The summed E-state index contributed by atoms with van der Waals surface area (Å²) < 4.78 is 45.2. The van der Waals surface area contributed by atoms with Gasteiger partial charge in [0.15, 0.2) is 0 Å². The smallest absolute Gasteiger partial charge is 0.306 e. The molecular formula is C73H127N3O21. The van der Waals surface area contributed by atoms with Gasteiger partial charge in [-0.2, -0.15) is 0 Å². The van der Waals surface area contributed by atoms with Gasteiger partial charge in [-0.05, 0) is 249 Å². The summed E-state index contributed by atoms with van der Waals surface area (Å²) in [6, 6.07) is 0. The van der Waals surface area contributed by atoms with Crippen LogP contribution in [0.5, 0.6) is 0 Å². The van der Waals surface area contributed by atoms with Crippen LogP contribution in [0.2, 0.25) is 0 Å². The van der Waals surface area contributed by atoms with Crippen molar-refractivity contribution in [2.45, 2.75) is 388 Å². The number of carbonyl (C=O) groups excluding carboxylic acids is 11. The zero-order valence-corrected chi connectivity index (χ0v) is 63.9. The Kier molecular flexibility index (Phi) is 35.4. The molecule has 0 aliphatic carbocycles. The number of Topliss-reactive ketones (excluding diaryl/α,β-unsaturated/α-hetero) is 1. The fraction of sp³-hybridized carbons (Fsp3) is 0.836. The van der Waals surface area contributed by atoms with Crippen LogP contribution in [0.4, 0.5) is 0 Å². The summed E-state index contributed by atoms with van der Waals surface area (Å²) in [5.74, 6) is -7.84. The van der Waals surface area contributed by atoms with Crippen molar-refractivity contribution in [1.82, 2.24) is 10.6 Å². The zero-order chi connectivity index (χ0) is 75.7. The van der Waals surface area contributed by atoms with Crippen molar-refractivity contribution < 1.29 is 101 Å². The third kappa shape index (κ3) is 47.4. The normalized spacial score (nSPS) is 13.1. The van der Waals surface area contributed by atoms with Crippen LogP contribution in [0.3, 0.4) is 0 Å². The minimum atomic E-state index is -1.58. The Morgan fingerprint density at radius 2 is 0.454 bits per heavy atom. The largest absolute Gasteiger partial charge is 0.481 e. The van der Waals surface area contributed by atoms with Crippen molar-refractivity contribution in [2.24, 2.45) is 11.1 Å². The molecule has 0 aromatic heterocycles. The molecule has 0 aromatic carbocycles. The summed E-state index contributed by atoms with van der Waals surface area (Å²) in [6.07, 6.45) is -5.32. The number of ether oxygens (including phenoxy) is 8. The van der Waals surface area contributed by atoms with Gasteiger partial charge in [0, 0.05) is 100 Å². The fourth-order valence-corrected chi connectivity index (χ4v) is 10.8. The number of carbonyl (C=O) groups is 12. The molecular weight excluding hydrogens is 1250 g/mol. The second-order valence-corrected chi connectivity index (χ2v) is 34.3. The van der Waals surface area contributed by atoms with E-state index < -0.39 is 145 Å². The molecule has 2 amide bonds. The lowest BCUT2D eigenvalue weighted by Crippen LogP contribution is -2.51. The first-order valence-corrected chi connectivity index (χ1v) is 34.4. The van der Waals surface area contributed by atoms with E-state index in [-0.39, 0.29) is 154 Å². The molecule has 560 valence electrons. The lowest BCUT2D eigenvalue weighted by atomic mass is 9.71. The van der Waals surface area contributed by atoms with E-state index in [1.165, 1.54) is 0 Å². The maximum Gasteiger partial charge on any atom is 0.306 e. The maximum atomic E-state index is 14.9. The summed E-state index contributed by atoms with van der Waals surface area (Å²) in [5, 5.41) is 16.1. The Morgan fingerprint density at radius 3 is 0.649 bits per heavy atom. The topological polar surface area (TPSA) is 349 Å². The molecule has 0 heterocycles. The van der Waals surface area contributed by atoms with Crippen LogP contribution in [0.15, 0.2) is 0 Å². The number of rotatable bonds is 40. The summed E-state index contributed by atoms with van der Waals surface area (Å²) in [5.41, 5.74) is -5.42. The number of carboxylic acid groups (broad SMARTS) is 1. The monoisotopic (exact) mass is 1380 g/mol. The molecule has 0 aliphatic rings. The van der Waals surface area contributed by atoms with E-state index in [0.717, 1.165) is 0 Å². The highest BCUT2D eigenvalue weighted by Crippen LogP contribution is 2.41. The van der Waals surface area contributed by atoms with Gasteiger partial charge in [-0.15, -0.1) is 0 Å². The summed E-state index contributed by atoms with van der Waals surface area (Å²) in [6.45, 7) is 40.6. The third-order valence-electron chi connectivity index (χ3n) is 14.8. The zero-order valence-electron chi connectivity index (χ0n) is 63.9. The van der Waals surface area contributed by atoms with E-state index in [1.807, 2.05) is 0 Å². The summed E-state index contributed by atoms with van der Waals surface area (Å²) in [4.78, 5) is 164. The Balaban J connectivity index is 8.28. The van der Waals surface area contributed by atoms with Gasteiger partial charge < -0.3 is 59.4 Å². The number of aliphatic carboxylic acids is 1. The number of nitrogens with one attached hydrogen (secondary N) is 2. The van der Waals surface area contributed by atoms with E-state index in [2.05, 4.69) is 10.6 Å². The minimum absolute atomic E-state index is 0.0487. The maximum absolute atomic E-state index is 14.9. The number of hydrogen-bond donors (Lipinski definition) is 4. The van der Waals surface area contributed by atoms with Crippen molar-refractivity contribution in [3.63, 3.8) is 0 Å². The van der Waals surface area contributed by atoms with Gasteiger partial charge in [0.1, 0.15) is 50.6 Å². The van der Waals surface area contributed by atoms with Crippen LogP contribution in [-0.4, -0.2) is 138 Å². The van der Waals surface area contributed by atoms with Gasteiger partial charge in [0.25, 0.3) is 0 Å². The second kappa shape index (κ2) is 37.8. The number of ketones is 1. The summed E-state index contributed by atoms with van der Waals surface area (Å²) in [7, 11) is 0. The first-order chi connectivity index (χ1) is 43.5. The molecule has 24 nitrogen and oxygen atoms in total. The average molecular weight is 1380 g/mol. The molecule has 0 aromatic rings. The number of esters is 8. The minimum Gasteiger partial charge on any atom is -0.481 e. The van der Waals surface area contributed by atoms with Crippen LogP contribution < -0.4 is 16.4 Å². The average Bonchev–Trinajstić information content (AvgIpc) is 0.852. The van der Waals surface area contributed by atoms with Gasteiger partial charge in [0.2, 0.25) is 11.8 Å². The van der Waals surface area contributed by atoms with Gasteiger partial charge in [-0.1, -0.05) is 0 Å². The molecule has 0 atom stereocenters. The first kappa shape index (κ1) is 90.8. The predicted octanol–water partition coefficient (Wildman–Crippen LogP) is 12.5. The number of amides is 2. The van der Waals surface area contributed by atoms with E-state index in [0.29, 0.717) is 0 Å². The van der Waals surface area contributed by atoms with E-state index in [1.54, 1.807) is 166 Å². The first-order valence-electron chi connectivity index (χ1n) is 34.4.